The number of pyridine rings is 1. The van der Waals surface area contributed by atoms with Gasteiger partial charge in [-0.2, -0.15) is 0 Å². The number of para-hydroxylation sites is 2. The van der Waals surface area contributed by atoms with Gasteiger partial charge in [-0.15, -0.1) is 11.3 Å². The quantitative estimate of drug-likeness (QED) is 0.595. The molecule has 130 valence electrons. The van der Waals surface area contributed by atoms with Gasteiger partial charge in [0.15, 0.2) is 0 Å². The lowest BCUT2D eigenvalue weighted by atomic mass is 10.2. The Morgan fingerprint density at radius 3 is 2.92 bits per heavy atom. The molecule has 3 aromatic heterocycles. The van der Waals surface area contributed by atoms with E-state index in [0.717, 1.165) is 21.6 Å². The fourth-order valence-electron chi connectivity index (χ4n) is 2.82. The summed E-state index contributed by atoms with van der Waals surface area (Å²) in [6.45, 7) is 0. The summed E-state index contributed by atoms with van der Waals surface area (Å²) in [6, 6.07) is 11.2. The first-order chi connectivity index (χ1) is 12.7. The third-order valence-electron chi connectivity index (χ3n) is 4.06. The topological polar surface area (TPSA) is 69.0 Å². The molecule has 3 heterocycles. The molecule has 0 aliphatic heterocycles. The fraction of sp³-hybridized carbons (Fsp3) is 0.105. The maximum absolute atomic E-state index is 12.6. The van der Waals surface area contributed by atoms with Crippen LogP contribution in [-0.4, -0.2) is 27.6 Å². The summed E-state index contributed by atoms with van der Waals surface area (Å²) in [5.74, 6) is 0.340. The Kier molecular flexibility index (Phi) is 4.14. The molecule has 1 amide bonds. The molecule has 0 aliphatic rings. The molecule has 0 saturated heterocycles. The van der Waals surface area contributed by atoms with Crippen LogP contribution in [0.1, 0.15) is 10.5 Å². The molecule has 0 saturated carbocycles. The van der Waals surface area contributed by atoms with Crippen molar-refractivity contribution in [2.75, 3.05) is 12.4 Å². The van der Waals surface area contributed by atoms with Gasteiger partial charge in [0.1, 0.15) is 22.1 Å². The van der Waals surface area contributed by atoms with Crippen molar-refractivity contribution in [1.82, 2.24) is 14.5 Å². The molecule has 0 radical (unpaired) electrons. The number of carbonyl (C=O) groups is 1. The van der Waals surface area contributed by atoms with Gasteiger partial charge in [-0.05, 0) is 24.3 Å². The summed E-state index contributed by atoms with van der Waals surface area (Å²) in [5.41, 5.74) is 2.84. The van der Waals surface area contributed by atoms with Crippen molar-refractivity contribution in [2.45, 2.75) is 0 Å². The first-order valence-corrected chi connectivity index (χ1v) is 8.85. The van der Waals surface area contributed by atoms with Gasteiger partial charge in [0.2, 0.25) is 0 Å². The third kappa shape index (κ3) is 2.82. The smallest absolute Gasteiger partial charge is 0.275 e. The minimum atomic E-state index is -0.268. The number of anilines is 1. The molecule has 0 unspecified atom stereocenters. The van der Waals surface area contributed by atoms with E-state index in [1.54, 1.807) is 30.8 Å². The molecule has 0 aliphatic carbocycles. The average Bonchev–Trinajstić information content (AvgIpc) is 3.28. The van der Waals surface area contributed by atoms with Gasteiger partial charge < -0.3 is 14.6 Å². The standard InChI is InChI=1S/C19H16N4O2S/c1-23-10-13(12-6-5-9-20-17(12)23)19-22-15(11-26-19)18(24)21-14-7-3-4-8-16(14)25-2/h3-11H,1-2H3,(H,21,24). The monoisotopic (exact) mass is 364 g/mol. The lowest BCUT2D eigenvalue weighted by Gasteiger charge is -2.08. The van der Waals surface area contributed by atoms with Crippen molar-refractivity contribution in [3.8, 4) is 16.3 Å². The van der Waals surface area contributed by atoms with Crippen molar-refractivity contribution in [3.05, 3.63) is 59.9 Å². The zero-order valence-corrected chi connectivity index (χ0v) is 15.1. The van der Waals surface area contributed by atoms with E-state index in [-0.39, 0.29) is 5.91 Å². The van der Waals surface area contributed by atoms with Crippen LogP contribution in [0.5, 0.6) is 5.75 Å². The van der Waals surface area contributed by atoms with Gasteiger partial charge in [0.25, 0.3) is 5.91 Å². The molecule has 0 bridgehead atoms. The first kappa shape index (κ1) is 16.3. The number of ether oxygens (including phenoxy) is 1. The molecule has 4 aromatic rings. The molecule has 4 rings (SSSR count). The van der Waals surface area contributed by atoms with E-state index in [2.05, 4.69) is 15.3 Å². The van der Waals surface area contributed by atoms with Crippen LogP contribution in [0, 0.1) is 0 Å². The maximum atomic E-state index is 12.6. The number of benzene rings is 1. The first-order valence-electron chi connectivity index (χ1n) is 7.97. The highest BCUT2D eigenvalue weighted by molar-refractivity contribution is 7.13. The normalized spacial score (nSPS) is 10.8. The van der Waals surface area contributed by atoms with Gasteiger partial charge in [-0.1, -0.05) is 12.1 Å². The Labute approximate surface area is 154 Å². The molecule has 0 fully saturated rings. The number of nitrogens with zero attached hydrogens (tertiary/aromatic N) is 3. The largest absolute Gasteiger partial charge is 0.495 e. The van der Waals surface area contributed by atoms with Crippen LogP contribution in [0.25, 0.3) is 21.6 Å². The van der Waals surface area contributed by atoms with Crippen LogP contribution in [-0.2, 0) is 7.05 Å². The van der Waals surface area contributed by atoms with E-state index >= 15 is 0 Å². The molecule has 26 heavy (non-hydrogen) atoms. The summed E-state index contributed by atoms with van der Waals surface area (Å²) < 4.78 is 7.22. The molecule has 1 N–H and O–H groups in total. The van der Waals surface area contributed by atoms with E-state index in [9.17, 15) is 4.79 Å². The van der Waals surface area contributed by atoms with Crippen LogP contribution < -0.4 is 10.1 Å². The highest BCUT2D eigenvalue weighted by Gasteiger charge is 2.17. The van der Waals surface area contributed by atoms with E-state index in [1.165, 1.54) is 11.3 Å². The number of hydrogen-bond donors (Lipinski definition) is 1. The summed E-state index contributed by atoms with van der Waals surface area (Å²) in [4.78, 5) is 21.5. The van der Waals surface area contributed by atoms with Crippen LogP contribution >= 0.6 is 11.3 Å². The number of fused-ring (bicyclic) bond motifs is 1. The Morgan fingerprint density at radius 1 is 1.23 bits per heavy atom. The minimum absolute atomic E-state index is 0.268. The minimum Gasteiger partial charge on any atom is -0.495 e. The lowest BCUT2D eigenvalue weighted by Crippen LogP contribution is -2.13. The summed E-state index contributed by atoms with van der Waals surface area (Å²) in [5, 5.41) is 6.41. The number of carbonyl (C=O) groups excluding carboxylic acids is 1. The summed E-state index contributed by atoms with van der Waals surface area (Å²) >= 11 is 1.44. The number of aromatic nitrogens is 3. The molecule has 0 atom stereocenters. The van der Waals surface area contributed by atoms with Crippen LogP contribution in [0.15, 0.2) is 54.2 Å². The Hall–Kier alpha value is -3.19. The number of amides is 1. The van der Waals surface area contributed by atoms with Crippen molar-refractivity contribution in [2.24, 2.45) is 7.05 Å². The van der Waals surface area contributed by atoms with E-state index < -0.39 is 0 Å². The fourth-order valence-corrected chi connectivity index (χ4v) is 3.64. The molecule has 0 spiro atoms. The highest BCUT2D eigenvalue weighted by atomic mass is 32.1. The zero-order chi connectivity index (χ0) is 18.1. The molecule has 6 nitrogen and oxygen atoms in total. The van der Waals surface area contributed by atoms with Crippen LogP contribution in [0.3, 0.4) is 0 Å². The van der Waals surface area contributed by atoms with Crippen molar-refractivity contribution in [3.63, 3.8) is 0 Å². The SMILES string of the molecule is COc1ccccc1NC(=O)c1csc(-c2cn(C)c3ncccc23)n1. The molecular formula is C19H16N4O2S. The molecule has 1 aromatic carbocycles. The number of nitrogens with one attached hydrogen (secondary N) is 1. The summed E-state index contributed by atoms with van der Waals surface area (Å²) in [7, 11) is 3.52. The van der Waals surface area contributed by atoms with Crippen molar-refractivity contribution in [1.29, 1.82) is 0 Å². The maximum Gasteiger partial charge on any atom is 0.275 e. The second-order valence-electron chi connectivity index (χ2n) is 5.72. The number of rotatable bonds is 4. The molecule has 7 heteroatoms. The van der Waals surface area contributed by atoms with Gasteiger partial charge in [0, 0.05) is 35.8 Å². The predicted molar refractivity (Wildman–Crippen MR) is 103 cm³/mol. The predicted octanol–water partition coefficient (Wildman–Crippen LogP) is 3.96. The summed E-state index contributed by atoms with van der Waals surface area (Å²) in [6.07, 6.45) is 3.75. The number of thiazole rings is 1. The number of methoxy groups -OCH3 is 1. The zero-order valence-electron chi connectivity index (χ0n) is 14.3. The van der Waals surface area contributed by atoms with Gasteiger partial charge in [0.05, 0.1) is 12.8 Å². The van der Waals surface area contributed by atoms with Gasteiger partial charge in [-0.3, -0.25) is 4.79 Å². The van der Waals surface area contributed by atoms with Crippen LogP contribution in [0.2, 0.25) is 0 Å². The average molecular weight is 364 g/mol. The van der Waals surface area contributed by atoms with Crippen LogP contribution in [0.4, 0.5) is 5.69 Å². The highest BCUT2D eigenvalue weighted by Crippen LogP contribution is 2.32. The van der Waals surface area contributed by atoms with Gasteiger partial charge in [-0.25, -0.2) is 9.97 Å². The molecular weight excluding hydrogens is 348 g/mol. The van der Waals surface area contributed by atoms with E-state index in [0.29, 0.717) is 17.1 Å². The van der Waals surface area contributed by atoms with E-state index in [1.807, 2.05) is 42.1 Å². The Bertz CT molecular complexity index is 1100. The Balaban J connectivity index is 1.64. The lowest BCUT2D eigenvalue weighted by molar-refractivity contribution is 0.102. The number of hydrogen-bond acceptors (Lipinski definition) is 5. The van der Waals surface area contributed by atoms with E-state index in [4.69, 9.17) is 4.74 Å². The van der Waals surface area contributed by atoms with Crippen molar-refractivity contribution >= 4 is 34.0 Å². The van der Waals surface area contributed by atoms with Gasteiger partial charge >= 0.3 is 0 Å². The second kappa shape index (κ2) is 6.61. The second-order valence-corrected chi connectivity index (χ2v) is 6.58. The van der Waals surface area contributed by atoms with Crippen molar-refractivity contribution < 1.29 is 9.53 Å². The Morgan fingerprint density at radius 2 is 2.08 bits per heavy atom. The third-order valence-corrected chi connectivity index (χ3v) is 4.93. The number of aryl methyl sites for hydroxylation is 1.